The molecule has 0 aromatic carbocycles. The van der Waals surface area contributed by atoms with Crippen molar-refractivity contribution in [3.05, 3.63) is 43.5 Å². The van der Waals surface area contributed by atoms with Gasteiger partial charge in [-0.2, -0.15) is 16.3 Å². The number of carbonyl (C=O) groups is 1. The molecule has 1 aliphatic heterocycles. The van der Waals surface area contributed by atoms with Crippen LogP contribution in [-0.2, 0) is 6.42 Å². The zero-order valence-corrected chi connectivity index (χ0v) is 16.6. The van der Waals surface area contributed by atoms with Crippen LogP contribution in [0.4, 0.5) is 0 Å². The molecule has 5 nitrogen and oxygen atoms in total. The van der Waals surface area contributed by atoms with Crippen LogP contribution in [0.25, 0.3) is 11.4 Å². The standard InChI is InChI=1S/C17H16BrN3O2S2/c18-13-7-14(25-10-13)17(22)21-4-1-2-11(8-21)6-15-19-16(20-23-15)12-3-5-24-9-12/h3,5,7,9-11H,1-2,4,6,8H2. The van der Waals surface area contributed by atoms with Gasteiger partial charge in [0.1, 0.15) is 0 Å². The van der Waals surface area contributed by atoms with E-state index in [9.17, 15) is 4.79 Å². The predicted molar refractivity (Wildman–Crippen MR) is 102 cm³/mol. The molecule has 25 heavy (non-hydrogen) atoms. The van der Waals surface area contributed by atoms with Gasteiger partial charge >= 0.3 is 0 Å². The minimum atomic E-state index is 0.116. The summed E-state index contributed by atoms with van der Waals surface area (Å²) < 4.78 is 6.37. The van der Waals surface area contributed by atoms with Gasteiger partial charge in [0.15, 0.2) is 0 Å². The van der Waals surface area contributed by atoms with Crippen molar-refractivity contribution >= 4 is 44.5 Å². The summed E-state index contributed by atoms with van der Waals surface area (Å²) in [5, 5.41) is 10.0. The Labute approximate surface area is 161 Å². The van der Waals surface area contributed by atoms with Crippen LogP contribution in [0.15, 0.2) is 37.3 Å². The Balaban J connectivity index is 1.41. The second kappa shape index (κ2) is 7.39. The van der Waals surface area contributed by atoms with Gasteiger partial charge in [-0.3, -0.25) is 4.79 Å². The number of rotatable bonds is 4. The summed E-state index contributed by atoms with van der Waals surface area (Å²) in [6.45, 7) is 1.55. The van der Waals surface area contributed by atoms with E-state index >= 15 is 0 Å². The van der Waals surface area contributed by atoms with E-state index in [1.165, 1.54) is 11.3 Å². The zero-order valence-electron chi connectivity index (χ0n) is 13.4. The molecule has 0 radical (unpaired) electrons. The molecule has 0 bridgehead atoms. The number of nitrogens with zero attached hydrogens (tertiary/aromatic N) is 3. The van der Waals surface area contributed by atoms with E-state index in [2.05, 4.69) is 26.1 Å². The summed E-state index contributed by atoms with van der Waals surface area (Å²) in [7, 11) is 0. The Bertz CT molecular complexity index is 859. The van der Waals surface area contributed by atoms with Crippen LogP contribution in [0, 0.1) is 5.92 Å². The number of halogens is 1. The van der Waals surface area contributed by atoms with Crippen LogP contribution in [0.2, 0.25) is 0 Å². The van der Waals surface area contributed by atoms with Crippen molar-refractivity contribution in [3.8, 4) is 11.4 Å². The maximum Gasteiger partial charge on any atom is 0.263 e. The second-order valence-corrected chi connectivity index (χ2v) is 8.72. The van der Waals surface area contributed by atoms with Gasteiger partial charge in [-0.25, -0.2) is 0 Å². The van der Waals surface area contributed by atoms with Gasteiger partial charge in [0.2, 0.25) is 11.7 Å². The first-order valence-corrected chi connectivity index (χ1v) is 10.7. The number of piperidine rings is 1. The lowest BCUT2D eigenvalue weighted by Crippen LogP contribution is -2.40. The molecule has 1 saturated heterocycles. The molecule has 1 amide bonds. The first-order chi connectivity index (χ1) is 12.2. The Morgan fingerprint density at radius 3 is 3.12 bits per heavy atom. The van der Waals surface area contributed by atoms with Crippen molar-refractivity contribution < 1.29 is 9.32 Å². The summed E-state index contributed by atoms with van der Waals surface area (Å²) in [4.78, 5) is 19.9. The highest BCUT2D eigenvalue weighted by atomic mass is 79.9. The fourth-order valence-corrected chi connectivity index (χ4v) is 5.12. The fourth-order valence-electron chi connectivity index (χ4n) is 3.09. The number of hydrogen-bond donors (Lipinski definition) is 0. The van der Waals surface area contributed by atoms with Crippen LogP contribution < -0.4 is 0 Å². The average Bonchev–Trinajstić information content (AvgIpc) is 3.35. The highest BCUT2D eigenvalue weighted by Crippen LogP contribution is 2.26. The first-order valence-electron chi connectivity index (χ1n) is 8.07. The molecule has 0 spiro atoms. The monoisotopic (exact) mass is 437 g/mol. The number of hydrogen-bond acceptors (Lipinski definition) is 6. The van der Waals surface area contributed by atoms with Crippen LogP contribution in [-0.4, -0.2) is 34.0 Å². The Kier molecular flexibility index (Phi) is 5.00. The Morgan fingerprint density at radius 2 is 2.36 bits per heavy atom. The van der Waals surface area contributed by atoms with Crippen LogP contribution in [0.3, 0.4) is 0 Å². The van der Waals surface area contributed by atoms with Crippen molar-refractivity contribution in [1.29, 1.82) is 0 Å². The molecule has 3 aromatic heterocycles. The summed E-state index contributed by atoms with van der Waals surface area (Å²) in [6, 6.07) is 3.88. The molecule has 8 heteroatoms. The highest BCUT2D eigenvalue weighted by molar-refractivity contribution is 9.10. The second-order valence-electron chi connectivity index (χ2n) is 6.12. The van der Waals surface area contributed by atoms with Crippen molar-refractivity contribution in [2.45, 2.75) is 19.3 Å². The molecule has 0 N–H and O–H groups in total. The van der Waals surface area contributed by atoms with Gasteiger partial charge in [-0.15, -0.1) is 11.3 Å². The molecular formula is C17H16BrN3O2S2. The topological polar surface area (TPSA) is 59.2 Å². The molecule has 1 unspecified atom stereocenters. The van der Waals surface area contributed by atoms with Gasteiger partial charge in [0, 0.05) is 40.3 Å². The van der Waals surface area contributed by atoms with E-state index in [0.29, 0.717) is 17.6 Å². The highest BCUT2D eigenvalue weighted by Gasteiger charge is 2.27. The van der Waals surface area contributed by atoms with E-state index in [1.54, 1.807) is 11.3 Å². The molecule has 130 valence electrons. The predicted octanol–water partition coefficient (Wildman–Crippen LogP) is 4.72. The van der Waals surface area contributed by atoms with Gasteiger partial charge in [0.05, 0.1) is 4.88 Å². The van der Waals surface area contributed by atoms with Gasteiger partial charge < -0.3 is 9.42 Å². The molecule has 1 fully saturated rings. The van der Waals surface area contributed by atoms with Crippen molar-refractivity contribution in [1.82, 2.24) is 15.0 Å². The van der Waals surface area contributed by atoms with Gasteiger partial charge in [0.25, 0.3) is 5.91 Å². The van der Waals surface area contributed by atoms with Crippen LogP contribution >= 0.6 is 38.6 Å². The number of amides is 1. The van der Waals surface area contributed by atoms with Crippen molar-refractivity contribution in [2.24, 2.45) is 5.92 Å². The van der Waals surface area contributed by atoms with E-state index in [-0.39, 0.29) is 5.91 Å². The SMILES string of the molecule is O=C(c1cc(Br)cs1)N1CCCC(Cc2nc(-c3ccsc3)no2)C1. The Morgan fingerprint density at radius 1 is 1.44 bits per heavy atom. The summed E-state index contributed by atoms with van der Waals surface area (Å²) >= 11 is 6.51. The molecule has 1 aliphatic rings. The summed E-state index contributed by atoms with van der Waals surface area (Å²) in [5.74, 6) is 1.77. The number of carbonyl (C=O) groups excluding carboxylic acids is 1. The summed E-state index contributed by atoms with van der Waals surface area (Å²) in [6.07, 6.45) is 2.80. The lowest BCUT2D eigenvalue weighted by Gasteiger charge is -2.31. The molecule has 0 saturated carbocycles. The van der Waals surface area contributed by atoms with Gasteiger partial charge in [-0.05, 0) is 52.2 Å². The lowest BCUT2D eigenvalue weighted by molar-refractivity contribution is 0.0673. The number of thiophene rings is 2. The van der Waals surface area contributed by atoms with E-state index in [0.717, 1.165) is 47.3 Å². The molecule has 3 aromatic rings. The molecular weight excluding hydrogens is 422 g/mol. The van der Waals surface area contributed by atoms with Crippen LogP contribution in [0.1, 0.15) is 28.4 Å². The fraction of sp³-hybridized carbons (Fsp3) is 0.353. The third kappa shape index (κ3) is 3.86. The third-order valence-corrected chi connectivity index (χ3v) is 6.66. The minimum absolute atomic E-state index is 0.116. The van der Waals surface area contributed by atoms with E-state index in [4.69, 9.17) is 4.52 Å². The average molecular weight is 438 g/mol. The molecule has 0 aliphatic carbocycles. The third-order valence-electron chi connectivity index (χ3n) is 4.30. The van der Waals surface area contributed by atoms with E-state index < -0.39 is 0 Å². The molecule has 4 heterocycles. The number of likely N-dealkylation sites (tertiary alicyclic amines) is 1. The van der Waals surface area contributed by atoms with Gasteiger partial charge in [-0.1, -0.05) is 5.16 Å². The first kappa shape index (κ1) is 16.9. The zero-order chi connectivity index (χ0) is 17.2. The lowest BCUT2D eigenvalue weighted by atomic mass is 9.94. The molecule has 4 rings (SSSR count). The molecule has 1 atom stereocenters. The summed E-state index contributed by atoms with van der Waals surface area (Å²) in [5.41, 5.74) is 0.990. The normalized spacial score (nSPS) is 17.8. The smallest absolute Gasteiger partial charge is 0.263 e. The van der Waals surface area contributed by atoms with E-state index in [1.807, 2.05) is 33.2 Å². The maximum absolute atomic E-state index is 12.6. The number of aromatic nitrogens is 2. The van der Waals surface area contributed by atoms with Crippen molar-refractivity contribution in [2.75, 3.05) is 13.1 Å². The maximum atomic E-state index is 12.6. The minimum Gasteiger partial charge on any atom is -0.339 e. The quantitative estimate of drug-likeness (QED) is 0.592. The largest absolute Gasteiger partial charge is 0.339 e. The Hall–Kier alpha value is -1.51. The van der Waals surface area contributed by atoms with Crippen LogP contribution in [0.5, 0.6) is 0 Å². The van der Waals surface area contributed by atoms with Crippen molar-refractivity contribution in [3.63, 3.8) is 0 Å².